The van der Waals surface area contributed by atoms with Gasteiger partial charge in [0.15, 0.2) is 0 Å². The van der Waals surface area contributed by atoms with Crippen molar-refractivity contribution in [3.05, 3.63) is 71.9 Å². The standard InChI is InChI=1S/C21H19F3N4O3S/c22-21(23,24)17-5-4-6-18(13-17)26-20(29)16(14-25)15-27-9-11-28(12-10-27)32(30,31)19-7-2-1-3-8-19/h1-8,13,15H,9-12H2,(H,26,29)/b16-15-. The number of alkyl halides is 3. The SMILES string of the molecule is N#C/C(=C/N1CCN(S(=O)(=O)c2ccccc2)CC1)C(=O)Nc1cccc(C(F)(F)F)c1. The van der Waals surface area contributed by atoms with Gasteiger partial charge in [0.2, 0.25) is 10.0 Å². The van der Waals surface area contributed by atoms with E-state index in [0.29, 0.717) is 0 Å². The van der Waals surface area contributed by atoms with Gasteiger partial charge in [-0.2, -0.15) is 22.7 Å². The van der Waals surface area contributed by atoms with Gasteiger partial charge in [-0.1, -0.05) is 24.3 Å². The zero-order valence-corrected chi connectivity index (χ0v) is 17.5. The fourth-order valence-electron chi connectivity index (χ4n) is 3.11. The molecule has 1 aliphatic rings. The van der Waals surface area contributed by atoms with Gasteiger partial charge in [0, 0.05) is 38.1 Å². The highest BCUT2D eigenvalue weighted by Gasteiger charge is 2.31. The molecule has 11 heteroatoms. The van der Waals surface area contributed by atoms with Gasteiger partial charge in [-0.05, 0) is 30.3 Å². The average Bonchev–Trinajstić information content (AvgIpc) is 2.78. The lowest BCUT2D eigenvalue weighted by Crippen LogP contribution is -2.46. The van der Waals surface area contributed by atoms with Gasteiger partial charge in [0.05, 0.1) is 10.5 Å². The number of carbonyl (C=O) groups excluding carboxylic acids is 1. The fraction of sp³-hybridized carbons (Fsp3) is 0.238. The van der Waals surface area contributed by atoms with E-state index in [0.717, 1.165) is 18.2 Å². The molecule has 1 N–H and O–H groups in total. The van der Waals surface area contributed by atoms with Gasteiger partial charge < -0.3 is 10.2 Å². The summed E-state index contributed by atoms with van der Waals surface area (Å²) in [5, 5.41) is 11.6. The molecule has 3 rings (SSSR count). The second-order valence-corrected chi connectivity index (χ2v) is 8.88. The first-order valence-electron chi connectivity index (χ1n) is 9.51. The summed E-state index contributed by atoms with van der Waals surface area (Å²) in [6, 6.07) is 13.8. The Hall–Kier alpha value is -3.36. The number of piperazine rings is 1. The zero-order chi connectivity index (χ0) is 23.4. The number of halogens is 3. The lowest BCUT2D eigenvalue weighted by Gasteiger charge is -2.33. The van der Waals surface area contributed by atoms with Crippen LogP contribution in [-0.4, -0.2) is 49.7 Å². The Morgan fingerprint density at radius 1 is 1.03 bits per heavy atom. The fourth-order valence-corrected chi connectivity index (χ4v) is 4.55. The maximum absolute atomic E-state index is 12.8. The maximum Gasteiger partial charge on any atom is 0.416 e. The zero-order valence-electron chi connectivity index (χ0n) is 16.7. The van der Waals surface area contributed by atoms with Crippen LogP contribution in [0.15, 0.2) is 71.3 Å². The Labute approximate surface area is 183 Å². The minimum atomic E-state index is -4.56. The maximum atomic E-state index is 12.8. The second kappa shape index (κ2) is 9.42. The molecule has 0 unspecified atom stereocenters. The smallest absolute Gasteiger partial charge is 0.373 e. The monoisotopic (exact) mass is 464 g/mol. The number of nitriles is 1. The third-order valence-electron chi connectivity index (χ3n) is 4.78. The number of rotatable bonds is 5. The molecule has 2 aromatic rings. The van der Waals surface area contributed by atoms with E-state index in [-0.39, 0.29) is 42.3 Å². The Kier molecular flexibility index (Phi) is 6.86. The van der Waals surface area contributed by atoms with Gasteiger partial charge in [-0.25, -0.2) is 8.42 Å². The van der Waals surface area contributed by atoms with E-state index in [2.05, 4.69) is 5.32 Å². The molecule has 0 saturated carbocycles. The molecule has 1 amide bonds. The van der Waals surface area contributed by atoms with E-state index >= 15 is 0 Å². The third kappa shape index (κ3) is 5.46. The van der Waals surface area contributed by atoms with E-state index in [4.69, 9.17) is 0 Å². The molecule has 7 nitrogen and oxygen atoms in total. The quantitative estimate of drug-likeness (QED) is 0.542. The van der Waals surface area contributed by atoms with Crippen molar-refractivity contribution in [3.8, 4) is 6.07 Å². The summed E-state index contributed by atoms with van der Waals surface area (Å²) in [6.07, 6.45) is -3.27. The second-order valence-electron chi connectivity index (χ2n) is 6.94. The minimum Gasteiger partial charge on any atom is -0.373 e. The largest absolute Gasteiger partial charge is 0.416 e. The molecule has 0 spiro atoms. The number of sulfonamides is 1. The summed E-state index contributed by atoms with van der Waals surface area (Å²) in [7, 11) is -3.64. The van der Waals surface area contributed by atoms with Crippen molar-refractivity contribution in [2.75, 3.05) is 31.5 Å². The lowest BCUT2D eigenvalue weighted by atomic mass is 10.2. The summed E-state index contributed by atoms with van der Waals surface area (Å²) < 4.78 is 65.2. The van der Waals surface area contributed by atoms with Crippen molar-refractivity contribution in [1.29, 1.82) is 5.26 Å². The highest BCUT2D eigenvalue weighted by Crippen LogP contribution is 2.30. The summed E-state index contributed by atoms with van der Waals surface area (Å²) in [4.78, 5) is 14.2. The van der Waals surface area contributed by atoms with Gasteiger partial charge in [-0.15, -0.1) is 0 Å². The van der Waals surface area contributed by atoms with E-state index in [1.807, 2.05) is 0 Å². The number of hydrogen-bond donors (Lipinski definition) is 1. The molecule has 1 saturated heterocycles. The Balaban J connectivity index is 1.65. The van der Waals surface area contributed by atoms with Crippen molar-refractivity contribution in [2.24, 2.45) is 0 Å². The van der Waals surface area contributed by atoms with E-state index in [1.54, 1.807) is 29.2 Å². The van der Waals surface area contributed by atoms with Gasteiger partial charge >= 0.3 is 6.18 Å². The van der Waals surface area contributed by atoms with Crippen LogP contribution in [0.4, 0.5) is 18.9 Å². The third-order valence-corrected chi connectivity index (χ3v) is 6.69. The van der Waals surface area contributed by atoms with Crippen LogP contribution >= 0.6 is 0 Å². The number of nitrogens with one attached hydrogen (secondary N) is 1. The van der Waals surface area contributed by atoms with Crippen LogP contribution in [-0.2, 0) is 21.0 Å². The molecule has 32 heavy (non-hydrogen) atoms. The van der Waals surface area contributed by atoms with Crippen LogP contribution in [0.5, 0.6) is 0 Å². The Morgan fingerprint density at radius 3 is 2.28 bits per heavy atom. The topological polar surface area (TPSA) is 93.5 Å². The lowest BCUT2D eigenvalue weighted by molar-refractivity contribution is -0.137. The van der Waals surface area contributed by atoms with Gasteiger partial charge in [0.25, 0.3) is 5.91 Å². The highest BCUT2D eigenvalue weighted by molar-refractivity contribution is 7.89. The first kappa shape index (κ1) is 23.3. The molecule has 0 aliphatic carbocycles. The molecular weight excluding hydrogens is 445 g/mol. The molecule has 168 valence electrons. The molecule has 0 atom stereocenters. The van der Waals surface area contributed by atoms with E-state index in [9.17, 15) is 31.6 Å². The molecule has 1 heterocycles. The van der Waals surface area contributed by atoms with Crippen LogP contribution in [0.2, 0.25) is 0 Å². The van der Waals surface area contributed by atoms with E-state index < -0.39 is 27.7 Å². The molecule has 1 aliphatic heterocycles. The molecule has 1 fully saturated rings. The Morgan fingerprint density at radius 2 is 1.69 bits per heavy atom. The average molecular weight is 464 g/mol. The van der Waals surface area contributed by atoms with Crippen molar-refractivity contribution < 1.29 is 26.4 Å². The predicted octanol–water partition coefficient (Wildman–Crippen LogP) is 3.06. The summed E-state index contributed by atoms with van der Waals surface area (Å²) in [5.41, 5.74) is -1.32. The summed E-state index contributed by atoms with van der Waals surface area (Å²) in [6.45, 7) is 0.797. The van der Waals surface area contributed by atoms with Crippen LogP contribution in [0.25, 0.3) is 0 Å². The summed E-state index contributed by atoms with van der Waals surface area (Å²) >= 11 is 0. The number of amides is 1. The molecule has 0 aromatic heterocycles. The van der Waals surface area contributed by atoms with Crippen LogP contribution < -0.4 is 5.32 Å². The van der Waals surface area contributed by atoms with Crippen molar-refractivity contribution in [3.63, 3.8) is 0 Å². The van der Waals surface area contributed by atoms with Crippen molar-refractivity contribution in [2.45, 2.75) is 11.1 Å². The van der Waals surface area contributed by atoms with Crippen LogP contribution in [0.1, 0.15) is 5.56 Å². The van der Waals surface area contributed by atoms with Gasteiger partial charge in [0.1, 0.15) is 11.6 Å². The van der Waals surface area contributed by atoms with Gasteiger partial charge in [-0.3, -0.25) is 4.79 Å². The van der Waals surface area contributed by atoms with Crippen molar-refractivity contribution >= 4 is 21.6 Å². The minimum absolute atomic E-state index is 0.0928. The number of anilines is 1. The molecule has 0 radical (unpaired) electrons. The number of nitrogens with zero attached hydrogens (tertiary/aromatic N) is 3. The molecular formula is C21H19F3N4O3S. The van der Waals surface area contributed by atoms with Crippen LogP contribution in [0, 0.1) is 11.3 Å². The molecule has 0 bridgehead atoms. The first-order chi connectivity index (χ1) is 15.1. The number of carbonyl (C=O) groups is 1. The van der Waals surface area contributed by atoms with Crippen LogP contribution in [0.3, 0.4) is 0 Å². The summed E-state index contributed by atoms with van der Waals surface area (Å²) in [5.74, 6) is -0.855. The van der Waals surface area contributed by atoms with E-state index in [1.165, 1.54) is 28.7 Å². The number of benzene rings is 2. The Bertz CT molecular complexity index is 1150. The highest BCUT2D eigenvalue weighted by atomic mass is 32.2. The normalized spacial score (nSPS) is 15.8. The van der Waals surface area contributed by atoms with Crippen molar-refractivity contribution in [1.82, 2.24) is 9.21 Å². The number of hydrogen-bond acceptors (Lipinski definition) is 5. The predicted molar refractivity (Wildman–Crippen MR) is 111 cm³/mol. The first-order valence-corrected chi connectivity index (χ1v) is 10.9. The molecule has 2 aromatic carbocycles.